The van der Waals surface area contributed by atoms with Gasteiger partial charge < -0.3 is 4.90 Å². The van der Waals surface area contributed by atoms with E-state index >= 15 is 0 Å². The van der Waals surface area contributed by atoms with Gasteiger partial charge in [0.2, 0.25) is 5.91 Å². The molecule has 0 aliphatic carbocycles. The highest BCUT2D eigenvalue weighted by molar-refractivity contribution is 5.77. The van der Waals surface area contributed by atoms with E-state index in [1.807, 2.05) is 6.07 Å². The summed E-state index contributed by atoms with van der Waals surface area (Å²) in [6.45, 7) is 0.559. The van der Waals surface area contributed by atoms with Crippen LogP contribution in [-0.4, -0.2) is 43.4 Å². The molecule has 1 amide bonds. The van der Waals surface area contributed by atoms with Crippen LogP contribution in [-0.2, 0) is 11.3 Å². The third-order valence-electron chi connectivity index (χ3n) is 2.53. The highest BCUT2D eigenvalue weighted by Crippen LogP contribution is 2.11. The van der Waals surface area contributed by atoms with Gasteiger partial charge in [-0.25, -0.2) is 4.39 Å². The van der Waals surface area contributed by atoms with E-state index in [9.17, 15) is 9.18 Å². The molecule has 0 heterocycles. The fourth-order valence-corrected chi connectivity index (χ4v) is 1.46. The Morgan fingerprint density at radius 3 is 2.56 bits per heavy atom. The van der Waals surface area contributed by atoms with Gasteiger partial charge in [0, 0.05) is 26.2 Å². The lowest BCUT2D eigenvalue weighted by atomic mass is 10.1. The van der Waals surface area contributed by atoms with E-state index in [1.54, 1.807) is 38.2 Å². The van der Waals surface area contributed by atoms with Crippen molar-refractivity contribution in [1.82, 2.24) is 9.80 Å². The fourth-order valence-electron chi connectivity index (χ4n) is 1.46. The molecule has 0 aromatic heterocycles. The molecule has 0 unspecified atom stereocenters. The van der Waals surface area contributed by atoms with Gasteiger partial charge in [0.15, 0.2) is 0 Å². The van der Waals surface area contributed by atoms with Crippen LogP contribution in [0.3, 0.4) is 0 Å². The van der Waals surface area contributed by atoms with Crippen LogP contribution in [0.4, 0.5) is 4.39 Å². The Balaban J connectivity index is 2.68. The van der Waals surface area contributed by atoms with Crippen LogP contribution in [0.1, 0.15) is 11.1 Å². The molecule has 0 radical (unpaired) electrons. The van der Waals surface area contributed by atoms with Crippen molar-refractivity contribution in [2.45, 2.75) is 6.54 Å². The SMILES string of the molecule is CN(CC(=O)N(C)C)Cc1ccc(C#N)cc1F. The molecule has 1 aromatic carbocycles. The second-order valence-electron chi connectivity index (χ2n) is 4.38. The maximum Gasteiger partial charge on any atom is 0.236 e. The van der Waals surface area contributed by atoms with Gasteiger partial charge in [0.05, 0.1) is 18.2 Å². The Bertz CT molecular complexity index is 480. The number of halogens is 1. The molecule has 1 rings (SSSR count). The number of benzene rings is 1. The summed E-state index contributed by atoms with van der Waals surface area (Å²) >= 11 is 0. The van der Waals surface area contributed by atoms with Gasteiger partial charge in [0.25, 0.3) is 0 Å². The lowest BCUT2D eigenvalue weighted by molar-refractivity contribution is -0.129. The zero-order valence-electron chi connectivity index (χ0n) is 10.8. The second kappa shape index (κ2) is 6.12. The smallest absolute Gasteiger partial charge is 0.236 e. The van der Waals surface area contributed by atoms with Gasteiger partial charge in [0.1, 0.15) is 5.82 Å². The molecule has 18 heavy (non-hydrogen) atoms. The van der Waals surface area contributed by atoms with Crippen molar-refractivity contribution < 1.29 is 9.18 Å². The van der Waals surface area contributed by atoms with Crippen LogP contribution < -0.4 is 0 Å². The normalized spacial score (nSPS) is 10.2. The van der Waals surface area contributed by atoms with Crippen LogP contribution >= 0.6 is 0 Å². The molecule has 4 nitrogen and oxygen atoms in total. The summed E-state index contributed by atoms with van der Waals surface area (Å²) in [4.78, 5) is 14.7. The standard InChI is InChI=1S/C13H16FN3O/c1-16(2)13(18)9-17(3)8-11-5-4-10(7-15)6-12(11)14/h4-6H,8-9H2,1-3H3. The number of carbonyl (C=O) groups excluding carboxylic acids is 1. The average molecular weight is 249 g/mol. The molecule has 1 aromatic rings. The van der Waals surface area contributed by atoms with Gasteiger partial charge in [-0.05, 0) is 19.2 Å². The predicted octanol–water partition coefficient (Wildman–Crippen LogP) is 1.22. The van der Waals surface area contributed by atoms with Gasteiger partial charge in [-0.3, -0.25) is 9.69 Å². The van der Waals surface area contributed by atoms with E-state index < -0.39 is 5.82 Å². The minimum Gasteiger partial charge on any atom is -0.348 e. The maximum atomic E-state index is 13.6. The number of carbonyl (C=O) groups is 1. The third-order valence-corrected chi connectivity index (χ3v) is 2.53. The monoisotopic (exact) mass is 249 g/mol. The first kappa shape index (κ1) is 14.1. The van der Waals surface area contributed by atoms with Crippen molar-refractivity contribution in [2.24, 2.45) is 0 Å². The fraction of sp³-hybridized carbons (Fsp3) is 0.385. The zero-order valence-corrected chi connectivity index (χ0v) is 10.8. The van der Waals surface area contributed by atoms with Crippen molar-refractivity contribution in [3.05, 3.63) is 35.1 Å². The van der Waals surface area contributed by atoms with Crippen LogP contribution in [0.2, 0.25) is 0 Å². The summed E-state index contributed by atoms with van der Waals surface area (Å²) in [6.07, 6.45) is 0. The number of nitriles is 1. The van der Waals surface area contributed by atoms with Crippen molar-refractivity contribution in [2.75, 3.05) is 27.7 Å². The number of hydrogen-bond acceptors (Lipinski definition) is 3. The van der Waals surface area contributed by atoms with Gasteiger partial charge in [-0.15, -0.1) is 0 Å². The van der Waals surface area contributed by atoms with Gasteiger partial charge in [-0.1, -0.05) is 6.07 Å². The van der Waals surface area contributed by atoms with Gasteiger partial charge >= 0.3 is 0 Å². The number of nitrogens with zero attached hydrogens (tertiary/aromatic N) is 3. The lowest BCUT2D eigenvalue weighted by Crippen LogP contribution is -2.34. The Morgan fingerprint density at radius 2 is 2.06 bits per heavy atom. The maximum absolute atomic E-state index is 13.6. The molecular weight excluding hydrogens is 233 g/mol. The van der Waals surface area contributed by atoms with Gasteiger partial charge in [-0.2, -0.15) is 5.26 Å². The molecule has 96 valence electrons. The Morgan fingerprint density at radius 1 is 1.39 bits per heavy atom. The highest BCUT2D eigenvalue weighted by Gasteiger charge is 2.11. The molecule has 0 bridgehead atoms. The number of amides is 1. The minimum absolute atomic E-state index is 0.0356. The second-order valence-corrected chi connectivity index (χ2v) is 4.38. The minimum atomic E-state index is -0.418. The van der Waals surface area contributed by atoms with E-state index in [1.165, 1.54) is 11.0 Å². The van der Waals surface area contributed by atoms with Crippen LogP contribution in [0.5, 0.6) is 0 Å². The average Bonchev–Trinajstić information content (AvgIpc) is 2.31. The van der Waals surface area contributed by atoms with Crippen LogP contribution in [0.25, 0.3) is 0 Å². The molecule has 0 spiro atoms. The first-order chi connectivity index (χ1) is 8.43. The summed E-state index contributed by atoms with van der Waals surface area (Å²) in [7, 11) is 5.11. The summed E-state index contributed by atoms with van der Waals surface area (Å²) in [5.74, 6) is -0.454. The van der Waals surface area contributed by atoms with E-state index in [2.05, 4.69) is 0 Å². The van der Waals surface area contributed by atoms with Crippen molar-refractivity contribution in [3.63, 3.8) is 0 Å². The summed E-state index contributed by atoms with van der Waals surface area (Å²) in [5, 5.41) is 8.64. The Hall–Kier alpha value is -1.93. The molecule has 0 atom stereocenters. The molecule has 0 aliphatic heterocycles. The number of hydrogen-bond donors (Lipinski definition) is 0. The first-order valence-corrected chi connectivity index (χ1v) is 5.51. The molecule has 5 heteroatoms. The first-order valence-electron chi connectivity index (χ1n) is 5.51. The molecule has 0 saturated carbocycles. The topological polar surface area (TPSA) is 47.3 Å². The van der Waals surface area contributed by atoms with E-state index in [0.29, 0.717) is 17.7 Å². The molecule has 0 fully saturated rings. The number of likely N-dealkylation sites (N-methyl/N-ethyl adjacent to an activating group) is 2. The van der Waals surface area contributed by atoms with Crippen molar-refractivity contribution in [3.8, 4) is 6.07 Å². The quantitative estimate of drug-likeness (QED) is 0.806. The molecule has 0 N–H and O–H groups in total. The van der Waals surface area contributed by atoms with Crippen molar-refractivity contribution in [1.29, 1.82) is 5.26 Å². The van der Waals surface area contributed by atoms with Crippen molar-refractivity contribution >= 4 is 5.91 Å². The third kappa shape index (κ3) is 3.82. The largest absolute Gasteiger partial charge is 0.348 e. The molecular formula is C13H16FN3O. The Kier molecular flexibility index (Phi) is 4.81. The van der Waals surface area contributed by atoms with E-state index in [-0.39, 0.29) is 12.5 Å². The lowest BCUT2D eigenvalue weighted by Gasteiger charge is -2.19. The summed E-state index contributed by atoms with van der Waals surface area (Å²) in [6, 6.07) is 6.23. The number of rotatable bonds is 4. The predicted molar refractivity (Wildman–Crippen MR) is 66.1 cm³/mol. The summed E-state index contributed by atoms with van der Waals surface area (Å²) < 4.78 is 13.6. The Labute approximate surface area is 106 Å². The zero-order chi connectivity index (χ0) is 13.7. The van der Waals surface area contributed by atoms with E-state index in [0.717, 1.165) is 0 Å². The highest BCUT2D eigenvalue weighted by atomic mass is 19.1. The summed E-state index contributed by atoms with van der Waals surface area (Å²) in [5.41, 5.74) is 0.770. The molecule has 0 saturated heterocycles. The van der Waals surface area contributed by atoms with Crippen LogP contribution in [0, 0.1) is 17.1 Å². The van der Waals surface area contributed by atoms with E-state index in [4.69, 9.17) is 5.26 Å². The van der Waals surface area contributed by atoms with Crippen LogP contribution in [0.15, 0.2) is 18.2 Å². The molecule has 0 aliphatic rings.